The highest BCUT2D eigenvalue weighted by atomic mass is 28.3. The Labute approximate surface area is 118 Å². The summed E-state index contributed by atoms with van der Waals surface area (Å²) in [6.07, 6.45) is 3.62. The maximum atomic E-state index is 9.32. The molecule has 0 heterocycles. The summed E-state index contributed by atoms with van der Waals surface area (Å²) in [6.45, 7) is 8.39. The maximum absolute atomic E-state index is 9.32. The molecule has 2 unspecified atom stereocenters. The molecule has 106 valence electrons. The second kappa shape index (κ2) is 6.20. The Balaban J connectivity index is 1.90. The van der Waals surface area contributed by atoms with E-state index in [0.717, 1.165) is 6.54 Å². The van der Waals surface area contributed by atoms with E-state index in [0.29, 0.717) is 18.6 Å². The van der Waals surface area contributed by atoms with Gasteiger partial charge in [0.05, 0.1) is 8.07 Å². The van der Waals surface area contributed by atoms with Crippen LogP contribution in [0.3, 0.4) is 0 Å². The first-order valence-electron chi connectivity index (χ1n) is 7.44. The van der Waals surface area contributed by atoms with E-state index in [9.17, 15) is 5.11 Å². The van der Waals surface area contributed by atoms with Gasteiger partial charge in [-0.3, -0.25) is 0 Å². The number of aliphatic hydroxyl groups excluding tert-OH is 1. The van der Waals surface area contributed by atoms with Gasteiger partial charge in [0.15, 0.2) is 0 Å². The Hall–Kier alpha value is -0.643. The molecule has 2 nitrogen and oxygen atoms in total. The van der Waals surface area contributed by atoms with Gasteiger partial charge >= 0.3 is 0 Å². The van der Waals surface area contributed by atoms with Crippen LogP contribution in [0.1, 0.15) is 24.8 Å². The molecule has 1 aliphatic rings. The highest BCUT2D eigenvalue weighted by Crippen LogP contribution is 2.25. The molecule has 0 bridgehead atoms. The van der Waals surface area contributed by atoms with E-state index in [2.05, 4.69) is 49.2 Å². The summed E-state index contributed by atoms with van der Waals surface area (Å²) in [5.74, 6) is 0.459. The second-order valence-corrected chi connectivity index (χ2v) is 11.9. The molecule has 1 aromatic rings. The lowest BCUT2D eigenvalue weighted by atomic mass is 10.0. The SMILES string of the molecule is C[Si](C)(C)c1ccc(CNC2CCCC2CO)cc1. The third-order valence-electron chi connectivity index (χ3n) is 4.28. The van der Waals surface area contributed by atoms with Crippen LogP contribution >= 0.6 is 0 Å². The zero-order chi connectivity index (χ0) is 13.9. The molecule has 0 aliphatic heterocycles. The van der Waals surface area contributed by atoms with Gasteiger partial charge < -0.3 is 10.4 Å². The molecular weight excluding hydrogens is 250 g/mol. The van der Waals surface area contributed by atoms with Crippen molar-refractivity contribution in [3.8, 4) is 0 Å². The van der Waals surface area contributed by atoms with Gasteiger partial charge in [-0.15, -0.1) is 0 Å². The minimum atomic E-state index is -1.18. The van der Waals surface area contributed by atoms with E-state index >= 15 is 0 Å². The first kappa shape index (κ1) is 14.8. The summed E-state index contributed by atoms with van der Waals surface area (Å²) in [5.41, 5.74) is 1.35. The molecule has 19 heavy (non-hydrogen) atoms. The van der Waals surface area contributed by atoms with Crippen LogP contribution in [0.25, 0.3) is 0 Å². The maximum Gasteiger partial charge on any atom is 0.0775 e. The predicted molar refractivity (Wildman–Crippen MR) is 84.5 cm³/mol. The van der Waals surface area contributed by atoms with Gasteiger partial charge in [-0.05, 0) is 24.3 Å². The zero-order valence-corrected chi connectivity index (χ0v) is 13.4. The third-order valence-corrected chi connectivity index (χ3v) is 6.35. The minimum Gasteiger partial charge on any atom is -0.396 e. The van der Waals surface area contributed by atoms with Crippen molar-refractivity contribution in [3.63, 3.8) is 0 Å². The Kier molecular flexibility index (Phi) is 4.82. The molecule has 1 saturated carbocycles. The quantitative estimate of drug-likeness (QED) is 0.811. The number of rotatable bonds is 5. The average molecular weight is 277 g/mol. The van der Waals surface area contributed by atoms with Gasteiger partial charge in [0, 0.05) is 19.2 Å². The lowest BCUT2D eigenvalue weighted by Gasteiger charge is -2.20. The molecule has 3 heteroatoms. The molecule has 0 spiro atoms. The fraction of sp³-hybridized carbons (Fsp3) is 0.625. The summed E-state index contributed by atoms with van der Waals surface area (Å²) in [7, 11) is -1.18. The molecule has 1 aliphatic carbocycles. The molecule has 0 aromatic heterocycles. The molecule has 2 N–H and O–H groups in total. The first-order chi connectivity index (χ1) is 9.00. The van der Waals surface area contributed by atoms with E-state index in [1.54, 1.807) is 0 Å². The van der Waals surface area contributed by atoms with Crippen molar-refractivity contribution >= 4 is 13.3 Å². The van der Waals surface area contributed by atoms with Gasteiger partial charge in [-0.1, -0.05) is 55.5 Å². The standard InChI is InChI=1S/C16H27NOSi/c1-19(2,3)15-9-7-13(8-10-15)11-17-16-6-4-5-14(16)12-18/h7-10,14,16-18H,4-6,11-12H2,1-3H3. The Morgan fingerprint density at radius 1 is 1.16 bits per heavy atom. The van der Waals surface area contributed by atoms with Crippen LogP contribution in [-0.2, 0) is 6.54 Å². The number of nitrogens with one attached hydrogen (secondary N) is 1. The van der Waals surface area contributed by atoms with Crippen LogP contribution in [0.15, 0.2) is 24.3 Å². The van der Waals surface area contributed by atoms with Crippen molar-refractivity contribution in [1.82, 2.24) is 5.32 Å². The predicted octanol–water partition coefficient (Wildman–Crippen LogP) is 2.48. The lowest BCUT2D eigenvalue weighted by Crippen LogP contribution is -2.37. The van der Waals surface area contributed by atoms with Gasteiger partial charge in [0.1, 0.15) is 0 Å². The van der Waals surface area contributed by atoms with Gasteiger partial charge in [-0.25, -0.2) is 0 Å². The number of aliphatic hydroxyl groups is 1. The summed E-state index contributed by atoms with van der Waals surface area (Å²) >= 11 is 0. The largest absolute Gasteiger partial charge is 0.396 e. The van der Waals surface area contributed by atoms with Crippen LogP contribution in [-0.4, -0.2) is 25.8 Å². The molecule has 0 radical (unpaired) electrons. The molecule has 1 aromatic carbocycles. The van der Waals surface area contributed by atoms with Crippen molar-refractivity contribution in [2.75, 3.05) is 6.61 Å². The van der Waals surface area contributed by atoms with Crippen LogP contribution in [0, 0.1) is 5.92 Å². The number of benzene rings is 1. The molecule has 0 amide bonds. The van der Waals surface area contributed by atoms with E-state index in [-0.39, 0.29) is 0 Å². The monoisotopic (exact) mass is 277 g/mol. The topological polar surface area (TPSA) is 32.3 Å². The summed E-state index contributed by atoms with van der Waals surface area (Å²) in [4.78, 5) is 0. The van der Waals surface area contributed by atoms with Crippen molar-refractivity contribution in [1.29, 1.82) is 0 Å². The fourth-order valence-corrected chi connectivity index (χ4v) is 4.06. The van der Waals surface area contributed by atoms with E-state index in [1.807, 2.05) is 0 Å². The van der Waals surface area contributed by atoms with Crippen molar-refractivity contribution < 1.29 is 5.11 Å². The van der Waals surface area contributed by atoms with Crippen molar-refractivity contribution in [2.45, 2.75) is 51.5 Å². The molecule has 2 rings (SSSR count). The minimum absolute atomic E-state index is 0.326. The lowest BCUT2D eigenvalue weighted by molar-refractivity contribution is 0.205. The van der Waals surface area contributed by atoms with E-state index in [4.69, 9.17) is 0 Å². The smallest absolute Gasteiger partial charge is 0.0775 e. The van der Waals surface area contributed by atoms with Gasteiger partial charge in [0.25, 0.3) is 0 Å². The Bertz CT molecular complexity index is 396. The fourth-order valence-electron chi connectivity index (χ4n) is 2.90. The molecule has 2 atom stereocenters. The van der Waals surface area contributed by atoms with Crippen molar-refractivity contribution in [3.05, 3.63) is 29.8 Å². The summed E-state index contributed by atoms with van der Waals surface area (Å²) in [5, 5.41) is 14.5. The molecular formula is C16H27NOSi. The zero-order valence-electron chi connectivity index (χ0n) is 12.4. The Morgan fingerprint density at radius 3 is 2.42 bits per heavy atom. The second-order valence-electron chi connectivity index (χ2n) is 6.81. The Morgan fingerprint density at radius 2 is 1.84 bits per heavy atom. The number of hydrogen-bond donors (Lipinski definition) is 2. The van der Waals surface area contributed by atoms with Gasteiger partial charge in [0.2, 0.25) is 0 Å². The van der Waals surface area contributed by atoms with Crippen LogP contribution in [0.4, 0.5) is 0 Å². The molecule has 0 saturated heterocycles. The van der Waals surface area contributed by atoms with Gasteiger partial charge in [-0.2, -0.15) is 0 Å². The first-order valence-corrected chi connectivity index (χ1v) is 10.9. The highest BCUT2D eigenvalue weighted by Gasteiger charge is 2.25. The number of hydrogen-bond acceptors (Lipinski definition) is 2. The van der Waals surface area contributed by atoms with E-state index in [1.165, 1.54) is 30.0 Å². The van der Waals surface area contributed by atoms with Crippen LogP contribution in [0.5, 0.6) is 0 Å². The van der Waals surface area contributed by atoms with Crippen molar-refractivity contribution in [2.24, 2.45) is 5.92 Å². The third kappa shape index (κ3) is 3.91. The normalized spacial score (nSPS) is 23.8. The summed E-state index contributed by atoms with van der Waals surface area (Å²) in [6, 6.07) is 9.59. The summed E-state index contributed by atoms with van der Waals surface area (Å²) < 4.78 is 0. The van der Waals surface area contributed by atoms with E-state index < -0.39 is 8.07 Å². The van der Waals surface area contributed by atoms with Crippen LogP contribution < -0.4 is 10.5 Å². The van der Waals surface area contributed by atoms with Crippen LogP contribution in [0.2, 0.25) is 19.6 Å². The molecule has 1 fully saturated rings. The average Bonchev–Trinajstić information content (AvgIpc) is 2.83. The highest BCUT2D eigenvalue weighted by molar-refractivity contribution is 6.88.